The van der Waals surface area contributed by atoms with Gasteiger partial charge in [0.2, 0.25) is 0 Å². The van der Waals surface area contributed by atoms with Gasteiger partial charge in [0, 0.05) is 29.4 Å². The molecule has 2 rings (SSSR count). The minimum absolute atomic E-state index is 0.00104. The normalized spacial score (nSPS) is 11.9. The number of alkyl halides is 3. The summed E-state index contributed by atoms with van der Waals surface area (Å²) in [6.45, 7) is 7.71. The van der Waals surface area contributed by atoms with Gasteiger partial charge in [0.1, 0.15) is 0 Å². The molecule has 0 atom stereocenters. The van der Waals surface area contributed by atoms with Gasteiger partial charge in [-0.3, -0.25) is 9.78 Å². The number of hydrogen-bond donors (Lipinski definition) is 0. The lowest BCUT2D eigenvalue weighted by Gasteiger charge is -2.31. The summed E-state index contributed by atoms with van der Waals surface area (Å²) in [6, 6.07) is 9.12. The van der Waals surface area contributed by atoms with E-state index in [1.807, 2.05) is 27.7 Å². The SMILES string of the molecule is CC(C)N(C(=O)c1ccccc1-c1ccc(C(F)(F)F)cn1)C(C)C. The zero-order valence-electron chi connectivity index (χ0n) is 14.6. The van der Waals surface area contributed by atoms with Crippen LogP contribution < -0.4 is 0 Å². The van der Waals surface area contributed by atoms with Crippen molar-refractivity contribution in [1.29, 1.82) is 0 Å². The molecule has 1 heterocycles. The minimum Gasteiger partial charge on any atom is -0.334 e. The third kappa shape index (κ3) is 4.18. The van der Waals surface area contributed by atoms with Crippen molar-refractivity contribution in [2.45, 2.75) is 46.0 Å². The van der Waals surface area contributed by atoms with Crippen molar-refractivity contribution in [3.63, 3.8) is 0 Å². The second-order valence-electron chi connectivity index (χ2n) is 6.38. The zero-order chi connectivity index (χ0) is 18.8. The average Bonchev–Trinajstić information content (AvgIpc) is 2.53. The fourth-order valence-electron chi connectivity index (χ4n) is 2.82. The molecule has 0 N–H and O–H groups in total. The van der Waals surface area contributed by atoms with E-state index in [1.54, 1.807) is 29.2 Å². The minimum atomic E-state index is -4.44. The molecule has 0 saturated carbocycles. The van der Waals surface area contributed by atoms with Gasteiger partial charge in [-0.25, -0.2) is 0 Å². The Morgan fingerprint density at radius 2 is 1.60 bits per heavy atom. The molecule has 3 nitrogen and oxygen atoms in total. The number of amides is 1. The van der Waals surface area contributed by atoms with Gasteiger partial charge >= 0.3 is 6.18 Å². The van der Waals surface area contributed by atoms with E-state index in [2.05, 4.69) is 4.98 Å². The highest BCUT2D eigenvalue weighted by molar-refractivity contribution is 6.00. The van der Waals surface area contributed by atoms with Crippen molar-refractivity contribution in [2.75, 3.05) is 0 Å². The van der Waals surface area contributed by atoms with E-state index in [0.717, 1.165) is 12.3 Å². The van der Waals surface area contributed by atoms with Gasteiger partial charge in [-0.05, 0) is 45.9 Å². The van der Waals surface area contributed by atoms with Gasteiger partial charge in [0.15, 0.2) is 0 Å². The van der Waals surface area contributed by atoms with Crippen LogP contribution >= 0.6 is 0 Å². The number of halogens is 3. The Kier molecular flexibility index (Phi) is 5.50. The highest BCUT2D eigenvalue weighted by Gasteiger charge is 2.31. The Labute approximate surface area is 145 Å². The van der Waals surface area contributed by atoms with Crippen LogP contribution in [0.5, 0.6) is 0 Å². The molecule has 0 radical (unpaired) electrons. The summed E-state index contributed by atoms with van der Waals surface area (Å²) < 4.78 is 38.1. The molecule has 1 aromatic carbocycles. The lowest BCUT2D eigenvalue weighted by molar-refractivity contribution is -0.137. The Bertz CT molecular complexity index is 729. The summed E-state index contributed by atoms with van der Waals surface area (Å²) in [4.78, 5) is 18.6. The van der Waals surface area contributed by atoms with E-state index < -0.39 is 11.7 Å². The van der Waals surface area contributed by atoms with Crippen molar-refractivity contribution in [1.82, 2.24) is 9.88 Å². The third-order valence-electron chi connectivity index (χ3n) is 3.87. The Morgan fingerprint density at radius 3 is 2.08 bits per heavy atom. The molecule has 0 spiro atoms. The fourth-order valence-corrected chi connectivity index (χ4v) is 2.82. The van der Waals surface area contributed by atoms with E-state index >= 15 is 0 Å². The van der Waals surface area contributed by atoms with Crippen LogP contribution in [0.4, 0.5) is 13.2 Å². The summed E-state index contributed by atoms with van der Waals surface area (Å²) in [5, 5.41) is 0. The number of carbonyl (C=O) groups is 1. The summed E-state index contributed by atoms with van der Waals surface area (Å²) in [5.74, 6) is -0.165. The number of carbonyl (C=O) groups excluding carboxylic acids is 1. The van der Waals surface area contributed by atoms with Crippen molar-refractivity contribution < 1.29 is 18.0 Å². The third-order valence-corrected chi connectivity index (χ3v) is 3.87. The molecule has 0 unspecified atom stereocenters. The lowest BCUT2D eigenvalue weighted by atomic mass is 10.0. The highest BCUT2D eigenvalue weighted by atomic mass is 19.4. The van der Waals surface area contributed by atoms with Crippen molar-refractivity contribution in [3.8, 4) is 11.3 Å². The number of rotatable bonds is 4. The molecular weight excluding hydrogens is 329 g/mol. The first-order chi connectivity index (χ1) is 11.6. The molecule has 0 aliphatic heterocycles. The van der Waals surface area contributed by atoms with Gasteiger partial charge in [-0.15, -0.1) is 0 Å². The van der Waals surface area contributed by atoms with Crippen molar-refractivity contribution in [2.24, 2.45) is 0 Å². The summed E-state index contributed by atoms with van der Waals surface area (Å²) in [6.07, 6.45) is -3.65. The van der Waals surface area contributed by atoms with Crippen LogP contribution in [-0.4, -0.2) is 27.9 Å². The summed E-state index contributed by atoms with van der Waals surface area (Å²) in [7, 11) is 0. The van der Waals surface area contributed by atoms with Crippen molar-refractivity contribution >= 4 is 5.91 Å². The maximum atomic E-state index is 13.0. The molecule has 1 aromatic heterocycles. The molecule has 6 heteroatoms. The molecular formula is C19H21F3N2O. The molecule has 1 amide bonds. The fraction of sp³-hybridized carbons (Fsp3) is 0.368. The van der Waals surface area contributed by atoms with Crippen LogP contribution in [0.1, 0.15) is 43.6 Å². The quantitative estimate of drug-likeness (QED) is 0.775. The van der Waals surface area contributed by atoms with Crippen LogP contribution in [0, 0.1) is 0 Å². The summed E-state index contributed by atoms with van der Waals surface area (Å²) in [5.41, 5.74) is 0.472. The predicted molar refractivity (Wildman–Crippen MR) is 91.1 cm³/mol. The molecule has 0 saturated heterocycles. The van der Waals surface area contributed by atoms with Crippen LogP contribution in [0.25, 0.3) is 11.3 Å². The first-order valence-corrected chi connectivity index (χ1v) is 8.08. The second-order valence-corrected chi connectivity index (χ2v) is 6.38. The van der Waals surface area contributed by atoms with E-state index in [0.29, 0.717) is 16.8 Å². The van der Waals surface area contributed by atoms with Gasteiger partial charge in [-0.2, -0.15) is 13.2 Å². The van der Waals surface area contributed by atoms with E-state index in [-0.39, 0.29) is 18.0 Å². The van der Waals surface area contributed by atoms with E-state index in [1.165, 1.54) is 6.07 Å². The molecule has 25 heavy (non-hydrogen) atoms. The second kappa shape index (κ2) is 7.25. The molecule has 0 bridgehead atoms. The van der Waals surface area contributed by atoms with Crippen LogP contribution in [0.15, 0.2) is 42.6 Å². The predicted octanol–water partition coefficient (Wildman–Crippen LogP) is 5.03. The Balaban J connectivity index is 2.46. The van der Waals surface area contributed by atoms with E-state index in [9.17, 15) is 18.0 Å². The maximum absolute atomic E-state index is 13.0. The number of benzene rings is 1. The van der Waals surface area contributed by atoms with E-state index in [4.69, 9.17) is 0 Å². The highest BCUT2D eigenvalue weighted by Crippen LogP contribution is 2.31. The summed E-state index contributed by atoms with van der Waals surface area (Å²) >= 11 is 0. The standard InChI is InChI=1S/C19H21F3N2O/c1-12(2)24(13(3)4)18(25)16-8-6-5-7-15(16)17-10-9-14(11-23-17)19(20,21)22/h5-13H,1-4H3. The topological polar surface area (TPSA) is 33.2 Å². The largest absolute Gasteiger partial charge is 0.417 e. The Morgan fingerprint density at radius 1 is 1.00 bits per heavy atom. The van der Waals surface area contributed by atoms with Gasteiger partial charge in [0.25, 0.3) is 5.91 Å². The first-order valence-electron chi connectivity index (χ1n) is 8.08. The van der Waals surface area contributed by atoms with Crippen LogP contribution in [0.2, 0.25) is 0 Å². The van der Waals surface area contributed by atoms with Crippen LogP contribution in [0.3, 0.4) is 0 Å². The number of pyridine rings is 1. The zero-order valence-corrected chi connectivity index (χ0v) is 14.6. The average molecular weight is 350 g/mol. The maximum Gasteiger partial charge on any atom is 0.417 e. The van der Waals surface area contributed by atoms with Crippen molar-refractivity contribution in [3.05, 3.63) is 53.7 Å². The molecule has 0 aliphatic carbocycles. The molecule has 2 aromatic rings. The van der Waals surface area contributed by atoms with Crippen LogP contribution in [-0.2, 0) is 6.18 Å². The molecule has 0 fully saturated rings. The van der Waals surface area contributed by atoms with Gasteiger partial charge in [0.05, 0.1) is 11.3 Å². The Hall–Kier alpha value is -2.37. The smallest absolute Gasteiger partial charge is 0.334 e. The number of nitrogens with zero attached hydrogens (tertiary/aromatic N) is 2. The number of hydrogen-bond acceptors (Lipinski definition) is 2. The lowest BCUT2D eigenvalue weighted by Crippen LogP contribution is -2.42. The molecule has 134 valence electrons. The van der Waals surface area contributed by atoms with Gasteiger partial charge in [-0.1, -0.05) is 18.2 Å². The molecule has 0 aliphatic rings. The monoisotopic (exact) mass is 350 g/mol. The first kappa shape index (κ1) is 19.0. The van der Waals surface area contributed by atoms with Gasteiger partial charge < -0.3 is 4.90 Å². The number of aromatic nitrogens is 1.